The molecule has 1 rings (SSSR count). The fourth-order valence-electron chi connectivity index (χ4n) is 1.41. The van der Waals surface area contributed by atoms with E-state index in [0.29, 0.717) is 18.5 Å². The number of nitrogens with one attached hydrogen (secondary N) is 2. The van der Waals surface area contributed by atoms with Gasteiger partial charge in [-0.05, 0) is 44.5 Å². The van der Waals surface area contributed by atoms with E-state index in [1.807, 2.05) is 0 Å². The van der Waals surface area contributed by atoms with Gasteiger partial charge in [0.1, 0.15) is 5.82 Å². The SMILES string of the molecule is CC(C)(F)C(=O)NCCCNC(=O)c1ccc(F)cc1. The first kappa shape index (κ1) is 16.1. The molecule has 0 heterocycles. The Kier molecular flexibility index (Phi) is 5.61. The first-order valence-electron chi connectivity index (χ1n) is 6.31. The van der Waals surface area contributed by atoms with Crippen molar-refractivity contribution in [2.75, 3.05) is 13.1 Å². The number of amides is 2. The van der Waals surface area contributed by atoms with Crippen LogP contribution in [0.15, 0.2) is 24.3 Å². The molecular formula is C14H18F2N2O2. The molecule has 6 heteroatoms. The van der Waals surface area contributed by atoms with Gasteiger partial charge in [0.05, 0.1) is 0 Å². The lowest BCUT2D eigenvalue weighted by atomic mass is 10.1. The van der Waals surface area contributed by atoms with Crippen LogP contribution >= 0.6 is 0 Å². The monoisotopic (exact) mass is 284 g/mol. The number of benzene rings is 1. The molecule has 0 atom stereocenters. The molecule has 4 nitrogen and oxygen atoms in total. The number of hydrogen-bond donors (Lipinski definition) is 2. The molecule has 110 valence electrons. The number of hydrogen-bond acceptors (Lipinski definition) is 2. The van der Waals surface area contributed by atoms with Crippen LogP contribution in [0.25, 0.3) is 0 Å². The fraction of sp³-hybridized carbons (Fsp3) is 0.429. The van der Waals surface area contributed by atoms with Crippen molar-refractivity contribution in [3.63, 3.8) is 0 Å². The minimum absolute atomic E-state index is 0.274. The molecule has 0 saturated carbocycles. The van der Waals surface area contributed by atoms with Gasteiger partial charge in [0.2, 0.25) is 0 Å². The van der Waals surface area contributed by atoms with Gasteiger partial charge in [0.25, 0.3) is 11.8 Å². The number of rotatable bonds is 6. The second-order valence-electron chi connectivity index (χ2n) is 4.84. The standard InChI is InChI=1S/C14H18F2N2O2/c1-14(2,16)13(20)18-9-3-8-17-12(19)10-4-6-11(15)7-5-10/h4-7H,3,8-9H2,1-2H3,(H,17,19)(H,18,20). The van der Waals surface area contributed by atoms with Gasteiger partial charge >= 0.3 is 0 Å². The Bertz CT molecular complexity index is 467. The molecule has 0 aromatic heterocycles. The van der Waals surface area contributed by atoms with E-state index < -0.39 is 17.4 Å². The van der Waals surface area contributed by atoms with Gasteiger partial charge in [0.15, 0.2) is 5.67 Å². The van der Waals surface area contributed by atoms with Crippen molar-refractivity contribution >= 4 is 11.8 Å². The van der Waals surface area contributed by atoms with Crippen LogP contribution in [0, 0.1) is 5.82 Å². The normalized spacial score (nSPS) is 11.0. The summed E-state index contributed by atoms with van der Waals surface area (Å²) in [5, 5.41) is 5.05. The molecule has 2 amide bonds. The van der Waals surface area contributed by atoms with Crippen LogP contribution in [0.5, 0.6) is 0 Å². The Balaban J connectivity index is 2.23. The van der Waals surface area contributed by atoms with Crippen LogP contribution in [-0.2, 0) is 4.79 Å². The smallest absolute Gasteiger partial charge is 0.257 e. The van der Waals surface area contributed by atoms with Crippen molar-refractivity contribution in [2.45, 2.75) is 25.9 Å². The van der Waals surface area contributed by atoms with Crippen LogP contribution in [0.4, 0.5) is 8.78 Å². The summed E-state index contributed by atoms with van der Waals surface area (Å²) in [6.45, 7) is 2.97. The lowest BCUT2D eigenvalue weighted by molar-refractivity contribution is -0.130. The quantitative estimate of drug-likeness (QED) is 0.783. The summed E-state index contributed by atoms with van der Waals surface area (Å²) in [5.74, 6) is -1.40. The van der Waals surface area contributed by atoms with Crippen molar-refractivity contribution in [1.82, 2.24) is 10.6 Å². The molecular weight excluding hydrogens is 266 g/mol. The molecule has 1 aromatic carbocycles. The molecule has 0 bridgehead atoms. The predicted molar refractivity (Wildman–Crippen MR) is 71.5 cm³/mol. The van der Waals surface area contributed by atoms with E-state index in [1.54, 1.807) is 0 Å². The van der Waals surface area contributed by atoms with Gasteiger partial charge in [-0.1, -0.05) is 0 Å². The zero-order valence-electron chi connectivity index (χ0n) is 11.5. The molecule has 0 unspecified atom stereocenters. The molecule has 1 aromatic rings. The van der Waals surface area contributed by atoms with Gasteiger partial charge in [-0.3, -0.25) is 9.59 Å². The van der Waals surface area contributed by atoms with E-state index in [9.17, 15) is 18.4 Å². The summed E-state index contributed by atoms with van der Waals surface area (Å²) >= 11 is 0. The topological polar surface area (TPSA) is 58.2 Å². The maximum atomic E-state index is 13.2. The highest BCUT2D eigenvalue weighted by Gasteiger charge is 2.25. The second kappa shape index (κ2) is 6.98. The summed E-state index contributed by atoms with van der Waals surface area (Å²) in [4.78, 5) is 22.8. The minimum Gasteiger partial charge on any atom is -0.353 e. The van der Waals surface area contributed by atoms with E-state index in [4.69, 9.17) is 0 Å². The van der Waals surface area contributed by atoms with Gasteiger partial charge < -0.3 is 10.6 Å². The number of alkyl halides is 1. The number of halogens is 2. The van der Waals surface area contributed by atoms with E-state index in [2.05, 4.69) is 10.6 Å². The van der Waals surface area contributed by atoms with E-state index in [0.717, 1.165) is 0 Å². The number of carbonyl (C=O) groups excluding carboxylic acids is 2. The largest absolute Gasteiger partial charge is 0.353 e. The first-order chi connectivity index (χ1) is 9.30. The van der Waals surface area contributed by atoms with Crippen LogP contribution < -0.4 is 10.6 Å². The highest BCUT2D eigenvalue weighted by Crippen LogP contribution is 2.07. The molecule has 0 spiro atoms. The molecule has 0 aliphatic rings. The van der Waals surface area contributed by atoms with Crippen molar-refractivity contribution in [3.05, 3.63) is 35.6 Å². The van der Waals surface area contributed by atoms with Gasteiger partial charge in [-0.25, -0.2) is 8.78 Å². The van der Waals surface area contributed by atoms with Gasteiger partial charge in [-0.2, -0.15) is 0 Å². The third kappa shape index (κ3) is 5.34. The van der Waals surface area contributed by atoms with Crippen LogP contribution in [0.1, 0.15) is 30.6 Å². The predicted octanol–water partition coefficient (Wildman–Crippen LogP) is 1.81. The maximum Gasteiger partial charge on any atom is 0.257 e. The Hall–Kier alpha value is -1.98. The molecule has 20 heavy (non-hydrogen) atoms. The van der Waals surface area contributed by atoms with E-state index in [1.165, 1.54) is 38.1 Å². The zero-order chi connectivity index (χ0) is 15.2. The third-order valence-corrected chi connectivity index (χ3v) is 2.57. The zero-order valence-corrected chi connectivity index (χ0v) is 11.5. The Labute approximate surface area is 116 Å². The van der Waals surface area contributed by atoms with Gasteiger partial charge in [0, 0.05) is 18.7 Å². The van der Waals surface area contributed by atoms with Crippen molar-refractivity contribution in [1.29, 1.82) is 0 Å². The first-order valence-corrected chi connectivity index (χ1v) is 6.31. The minimum atomic E-state index is -1.91. The maximum absolute atomic E-state index is 13.2. The summed E-state index contributed by atoms with van der Waals surface area (Å²) < 4.78 is 25.8. The second-order valence-corrected chi connectivity index (χ2v) is 4.84. The summed E-state index contributed by atoms with van der Waals surface area (Å²) in [6, 6.07) is 5.19. The van der Waals surface area contributed by atoms with Crippen molar-refractivity contribution < 1.29 is 18.4 Å². The van der Waals surface area contributed by atoms with Crippen LogP contribution in [-0.4, -0.2) is 30.6 Å². The molecule has 0 fully saturated rings. The Morgan fingerprint density at radius 2 is 1.65 bits per heavy atom. The summed E-state index contributed by atoms with van der Waals surface area (Å²) in [6.07, 6.45) is 0.481. The highest BCUT2D eigenvalue weighted by atomic mass is 19.1. The fourth-order valence-corrected chi connectivity index (χ4v) is 1.41. The van der Waals surface area contributed by atoms with Crippen molar-refractivity contribution in [2.24, 2.45) is 0 Å². The lowest BCUT2D eigenvalue weighted by Crippen LogP contribution is -2.40. The average Bonchev–Trinajstić information content (AvgIpc) is 2.37. The average molecular weight is 284 g/mol. The molecule has 0 radical (unpaired) electrons. The number of carbonyl (C=O) groups is 2. The summed E-state index contributed by atoms with van der Waals surface area (Å²) in [5.41, 5.74) is -1.54. The lowest BCUT2D eigenvalue weighted by Gasteiger charge is -2.14. The molecule has 0 aliphatic carbocycles. The van der Waals surface area contributed by atoms with Gasteiger partial charge in [-0.15, -0.1) is 0 Å². The molecule has 0 saturated heterocycles. The third-order valence-electron chi connectivity index (χ3n) is 2.57. The molecule has 0 aliphatic heterocycles. The summed E-state index contributed by atoms with van der Waals surface area (Å²) in [7, 11) is 0. The Morgan fingerprint density at radius 3 is 2.20 bits per heavy atom. The Morgan fingerprint density at radius 1 is 1.10 bits per heavy atom. The van der Waals surface area contributed by atoms with E-state index in [-0.39, 0.29) is 12.5 Å². The molecule has 2 N–H and O–H groups in total. The van der Waals surface area contributed by atoms with E-state index >= 15 is 0 Å². The van der Waals surface area contributed by atoms with Crippen LogP contribution in [0.3, 0.4) is 0 Å². The van der Waals surface area contributed by atoms with Crippen LogP contribution in [0.2, 0.25) is 0 Å². The van der Waals surface area contributed by atoms with Crippen molar-refractivity contribution in [3.8, 4) is 0 Å². The highest BCUT2D eigenvalue weighted by molar-refractivity contribution is 5.94.